The summed E-state index contributed by atoms with van der Waals surface area (Å²) < 4.78 is 0. The number of rotatable bonds is 5. The largest absolute Gasteiger partial charge is 0.389 e. The van der Waals surface area contributed by atoms with Crippen LogP contribution >= 0.6 is 0 Å². The van der Waals surface area contributed by atoms with E-state index in [0.29, 0.717) is 6.04 Å². The van der Waals surface area contributed by atoms with E-state index in [1.807, 2.05) is 6.92 Å². The fraction of sp³-hybridized carbons (Fsp3) is 1.00. The highest BCUT2D eigenvalue weighted by Crippen LogP contribution is 2.33. The van der Waals surface area contributed by atoms with Gasteiger partial charge in [-0.3, -0.25) is 0 Å². The van der Waals surface area contributed by atoms with E-state index in [4.69, 9.17) is 0 Å². The molecule has 3 heteroatoms. The van der Waals surface area contributed by atoms with Crippen molar-refractivity contribution in [3.8, 4) is 0 Å². The molecule has 0 spiro atoms. The Labute approximate surface area is 125 Å². The molecule has 1 saturated heterocycles. The van der Waals surface area contributed by atoms with Gasteiger partial charge in [-0.1, -0.05) is 20.3 Å². The molecule has 20 heavy (non-hydrogen) atoms. The minimum Gasteiger partial charge on any atom is -0.389 e. The van der Waals surface area contributed by atoms with Crippen molar-refractivity contribution in [3.05, 3.63) is 0 Å². The predicted octanol–water partition coefficient (Wildman–Crippen LogP) is 2.64. The maximum absolute atomic E-state index is 10.3. The highest BCUT2D eigenvalue weighted by molar-refractivity contribution is 4.89. The van der Waals surface area contributed by atoms with Gasteiger partial charge in [0.25, 0.3) is 0 Å². The molecule has 2 fully saturated rings. The number of hydrogen-bond donors (Lipinski definition) is 2. The van der Waals surface area contributed by atoms with Crippen molar-refractivity contribution < 1.29 is 5.11 Å². The summed E-state index contributed by atoms with van der Waals surface area (Å²) in [4.78, 5) is 2.51. The highest BCUT2D eigenvalue weighted by Gasteiger charge is 2.34. The third-order valence-corrected chi connectivity index (χ3v) is 5.38. The molecule has 0 aromatic heterocycles. The van der Waals surface area contributed by atoms with Gasteiger partial charge in [0.2, 0.25) is 0 Å². The monoisotopic (exact) mass is 282 g/mol. The molecule has 0 bridgehead atoms. The molecule has 3 nitrogen and oxygen atoms in total. The first-order valence-corrected chi connectivity index (χ1v) is 8.72. The van der Waals surface area contributed by atoms with Crippen LogP contribution in [0.15, 0.2) is 0 Å². The zero-order valence-electron chi connectivity index (χ0n) is 13.7. The number of hydrogen-bond acceptors (Lipinski definition) is 3. The molecule has 1 saturated carbocycles. The maximum atomic E-state index is 10.3. The quantitative estimate of drug-likeness (QED) is 0.814. The van der Waals surface area contributed by atoms with Gasteiger partial charge in [0, 0.05) is 19.1 Å². The number of nitrogens with one attached hydrogen (secondary N) is 1. The summed E-state index contributed by atoms with van der Waals surface area (Å²) in [6.07, 6.45) is 7.52. The zero-order chi connectivity index (χ0) is 14.6. The lowest BCUT2D eigenvalue weighted by atomic mass is 9.76. The van der Waals surface area contributed by atoms with Crippen molar-refractivity contribution in [1.29, 1.82) is 0 Å². The van der Waals surface area contributed by atoms with Gasteiger partial charge in [-0.15, -0.1) is 0 Å². The lowest BCUT2D eigenvalue weighted by Crippen LogP contribution is -2.51. The van der Waals surface area contributed by atoms with Gasteiger partial charge in [-0.05, 0) is 64.0 Å². The average Bonchev–Trinajstić information content (AvgIpc) is 2.40. The van der Waals surface area contributed by atoms with Crippen molar-refractivity contribution in [1.82, 2.24) is 10.2 Å². The predicted molar refractivity (Wildman–Crippen MR) is 84.9 cm³/mol. The Hall–Kier alpha value is -0.120. The molecule has 118 valence electrons. The molecule has 1 aliphatic heterocycles. The zero-order valence-corrected chi connectivity index (χ0v) is 13.7. The smallest absolute Gasteiger partial charge is 0.0746 e. The maximum Gasteiger partial charge on any atom is 0.0746 e. The molecule has 2 rings (SSSR count). The van der Waals surface area contributed by atoms with Crippen molar-refractivity contribution in [3.63, 3.8) is 0 Å². The molecular formula is C17H34N2O. The van der Waals surface area contributed by atoms with Gasteiger partial charge in [0.1, 0.15) is 0 Å². The molecular weight excluding hydrogens is 248 g/mol. The fourth-order valence-corrected chi connectivity index (χ4v) is 4.28. The number of piperidine rings is 1. The summed E-state index contributed by atoms with van der Waals surface area (Å²) >= 11 is 0. The molecule has 4 atom stereocenters. The van der Waals surface area contributed by atoms with Crippen LogP contribution in [0.3, 0.4) is 0 Å². The van der Waals surface area contributed by atoms with E-state index >= 15 is 0 Å². The Balaban J connectivity index is 1.92. The summed E-state index contributed by atoms with van der Waals surface area (Å²) in [5, 5.41) is 14.0. The Morgan fingerprint density at radius 3 is 2.75 bits per heavy atom. The van der Waals surface area contributed by atoms with Crippen LogP contribution in [0.2, 0.25) is 0 Å². The first-order chi connectivity index (χ1) is 9.54. The summed E-state index contributed by atoms with van der Waals surface area (Å²) in [5.74, 6) is 1.68. The molecule has 0 aromatic carbocycles. The van der Waals surface area contributed by atoms with Crippen LogP contribution < -0.4 is 5.32 Å². The van der Waals surface area contributed by atoms with Crippen LogP contribution in [0.5, 0.6) is 0 Å². The Morgan fingerprint density at radius 1 is 1.30 bits per heavy atom. The van der Waals surface area contributed by atoms with Crippen molar-refractivity contribution >= 4 is 0 Å². The summed E-state index contributed by atoms with van der Waals surface area (Å²) in [6, 6.07) is 0.690. The van der Waals surface area contributed by atoms with E-state index < -0.39 is 5.60 Å². The van der Waals surface area contributed by atoms with Crippen LogP contribution in [0.4, 0.5) is 0 Å². The van der Waals surface area contributed by atoms with E-state index in [1.165, 1.54) is 38.8 Å². The number of β-amino-alcohol motifs (C(OH)–C–C–N with tert-alkyl or cyclic N) is 1. The average molecular weight is 282 g/mol. The molecule has 1 aliphatic carbocycles. The third-order valence-electron chi connectivity index (χ3n) is 5.38. The van der Waals surface area contributed by atoms with E-state index in [2.05, 4.69) is 24.1 Å². The summed E-state index contributed by atoms with van der Waals surface area (Å²) in [7, 11) is 0. The SMILES string of the molecule is CCNC1CCC(CC)CC1CN1CCCC(C)(O)C1. The second-order valence-corrected chi connectivity index (χ2v) is 7.35. The Morgan fingerprint density at radius 2 is 2.10 bits per heavy atom. The Bertz CT molecular complexity index is 293. The number of likely N-dealkylation sites (tertiary alicyclic amines) is 1. The lowest BCUT2D eigenvalue weighted by Gasteiger charge is -2.43. The summed E-state index contributed by atoms with van der Waals surface area (Å²) in [6.45, 7) is 10.8. The standard InChI is InChI=1S/C17H34N2O/c1-4-14-7-8-16(18-5-2)15(11-14)12-19-10-6-9-17(3,20)13-19/h14-16,18,20H,4-13H2,1-3H3. The molecule has 2 aliphatic rings. The van der Waals surface area contributed by atoms with Crippen LogP contribution in [-0.4, -0.2) is 47.8 Å². The van der Waals surface area contributed by atoms with Crippen LogP contribution in [-0.2, 0) is 0 Å². The van der Waals surface area contributed by atoms with Crippen LogP contribution in [0.1, 0.15) is 59.3 Å². The fourth-order valence-electron chi connectivity index (χ4n) is 4.28. The van der Waals surface area contributed by atoms with Gasteiger partial charge < -0.3 is 15.3 Å². The third kappa shape index (κ3) is 4.44. The van der Waals surface area contributed by atoms with Crippen molar-refractivity contribution in [2.75, 3.05) is 26.2 Å². The molecule has 1 heterocycles. The second kappa shape index (κ2) is 7.24. The number of aliphatic hydroxyl groups is 1. The van der Waals surface area contributed by atoms with Crippen molar-refractivity contribution in [2.24, 2.45) is 11.8 Å². The highest BCUT2D eigenvalue weighted by atomic mass is 16.3. The second-order valence-electron chi connectivity index (χ2n) is 7.35. The van der Waals surface area contributed by atoms with E-state index in [-0.39, 0.29) is 0 Å². The van der Waals surface area contributed by atoms with Gasteiger partial charge in [0.15, 0.2) is 0 Å². The lowest BCUT2D eigenvalue weighted by molar-refractivity contribution is -0.0245. The van der Waals surface area contributed by atoms with Crippen molar-refractivity contribution in [2.45, 2.75) is 70.9 Å². The van der Waals surface area contributed by atoms with E-state index in [1.54, 1.807) is 0 Å². The van der Waals surface area contributed by atoms with Crippen LogP contribution in [0.25, 0.3) is 0 Å². The normalized spacial score (nSPS) is 39.9. The van der Waals surface area contributed by atoms with Gasteiger partial charge in [-0.25, -0.2) is 0 Å². The van der Waals surface area contributed by atoms with E-state index in [9.17, 15) is 5.11 Å². The van der Waals surface area contributed by atoms with Gasteiger partial charge in [0.05, 0.1) is 5.60 Å². The topological polar surface area (TPSA) is 35.5 Å². The number of nitrogens with zero attached hydrogens (tertiary/aromatic N) is 1. The molecule has 0 amide bonds. The first-order valence-electron chi connectivity index (χ1n) is 8.72. The van der Waals surface area contributed by atoms with Crippen LogP contribution in [0, 0.1) is 11.8 Å². The molecule has 0 aromatic rings. The summed E-state index contributed by atoms with van der Waals surface area (Å²) in [5.41, 5.74) is -0.468. The molecule has 2 N–H and O–H groups in total. The first kappa shape index (κ1) is 16.3. The van der Waals surface area contributed by atoms with Gasteiger partial charge >= 0.3 is 0 Å². The molecule has 4 unspecified atom stereocenters. The Kier molecular flexibility index (Phi) is 5.88. The van der Waals surface area contributed by atoms with Gasteiger partial charge in [-0.2, -0.15) is 0 Å². The van der Waals surface area contributed by atoms with E-state index in [0.717, 1.165) is 37.8 Å². The molecule has 0 radical (unpaired) electrons. The minimum absolute atomic E-state index is 0.468. The minimum atomic E-state index is -0.468.